The zero-order chi connectivity index (χ0) is 24.5. The molecular formula is C23H23F3N4O3S. The van der Waals surface area contributed by atoms with Gasteiger partial charge in [-0.1, -0.05) is 29.8 Å². The van der Waals surface area contributed by atoms with Crippen molar-refractivity contribution in [3.8, 4) is 5.69 Å². The van der Waals surface area contributed by atoms with Crippen molar-refractivity contribution in [1.29, 1.82) is 0 Å². The van der Waals surface area contributed by atoms with E-state index in [4.69, 9.17) is 0 Å². The standard InChI is InChI=1S/C23H23F3N4O3S/c1-17-7-9-18(10-8-17)30-22(31)12-11-21(27-30)28-13-4-14-29(16-15-28)34(32,33)20-6-3-2-5-19(20)23(24,25)26/h2-3,5-12H,4,13-16H2,1H3. The summed E-state index contributed by atoms with van der Waals surface area (Å²) in [5.41, 5.74) is 0.146. The lowest BCUT2D eigenvalue weighted by Crippen LogP contribution is -2.36. The van der Waals surface area contributed by atoms with Gasteiger partial charge in [-0.05, 0) is 43.7 Å². The summed E-state index contributed by atoms with van der Waals surface area (Å²) in [7, 11) is -4.36. The Bertz CT molecular complexity index is 1340. The molecule has 0 spiro atoms. The minimum absolute atomic E-state index is 0.0140. The highest BCUT2D eigenvalue weighted by Gasteiger charge is 2.39. The Morgan fingerprint density at radius 3 is 2.29 bits per heavy atom. The van der Waals surface area contributed by atoms with Gasteiger partial charge in [0.15, 0.2) is 0 Å². The number of alkyl halides is 3. The minimum atomic E-state index is -4.78. The fraction of sp³-hybridized carbons (Fsp3) is 0.304. The van der Waals surface area contributed by atoms with Crippen LogP contribution in [0.5, 0.6) is 0 Å². The summed E-state index contributed by atoms with van der Waals surface area (Å²) in [6.45, 7) is 2.64. The van der Waals surface area contributed by atoms with Crippen molar-refractivity contribution in [2.75, 3.05) is 31.1 Å². The summed E-state index contributed by atoms with van der Waals surface area (Å²) in [4.78, 5) is 13.4. The molecule has 3 aromatic rings. The molecule has 0 aliphatic carbocycles. The van der Waals surface area contributed by atoms with Crippen LogP contribution in [-0.2, 0) is 16.2 Å². The van der Waals surface area contributed by atoms with Crippen LogP contribution in [0.15, 0.2) is 70.4 Å². The highest BCUT2D eigenvalue weighted by Crippen LogP contribution is 2.35. The molecule has 4 rings (SSSR count). The normalized spacial score (nSPS) is 15.8. The molecule has 0 N–H and O–H groups in total. The van der Waals surface area contributed by atoms with Gasteiger partial charge in [-0.2, -0.15) is 22.2 Å². The number of benzene rings is 2. The molecule has 0 amide bonds. The quantitative estimate of drug-likeness (QED) is 0.558. The molecule has 0 unspecified atom stereocenters. The molecule has 0 bridgehead atoms. The average molecular weight is 493 g/mol. The Morgan fingerprint density at radius 2 is 1.59 bits per heavy atom. The molecule has 11 heteroatoms. The highest BCUT2D eigenvalue weighted by atomic mass is 32.2. The van der Waals surface area contributed by atoms with Crippen LogP contribution >= 0.6 is 0 Å². The van der Waals surface area contributed by atoms with Crippen LogP contribution in [0.3, 0.4) is 0 Å². The van der Waals surface area contributed by atoms with Crippen LogP contribution in [0.2, 0.25) is 0 Å². The molecule has 1 aliphatic heterocycles. The van der Waals surface area contributed by atoms with Crippen molar-refractivity contribution in [1.82, 2.24) is 14.1 Å². The number of halogens is 3. The summed E-state index contributed by atoms with van der Waals surface area (Å²) < 4.78 is 68.8. The van der Waals surface area contributed by atoms with Crippen LogP contribution in [0.1, 0.15) is 17.5 Å². The maximum Gasteiger partial charge on any atom is 0.417 e. The van der Waals surface area contributed by atoms with Gasteiger partial charge in [0.05, 0.1) is 16.1 Å². The minimum Gasteiger partial charge on any atom is -0.354 e. The van der Waals surface area contributed by atoms with Gasteiger partial charge in [0.25, 0.3) is 5.56 Å². The van der Waals surface area contributed by atoms with E-state index in [1.165, 1.54) is 22.9 Å². The predicted molar refractivity (Wildman–Crippen MR) is 122 cm³/mol. The van der Waals surface area contributed by atoms with Crippen LogP contribution in [0.25, 0.3) is 5.69 Å². The first-order valence-electron chi connectivity index (χ1n) is 10.7. The van der Waals surface area contributed by atoms with Gasteiger partial charge in [0.2, 0.25) is 10.0 Å². The van der Waals surface area contributed by atoms with Crippen molar-refractivity contribution in [3.05, 3.63) is 82.1 Å². The molecule has 2 heterocycles. The molecule has 0 radical (unpaired) electrons. The van der Waals surface area contributed by atoms with E-state index in [0.717, 1.165) is 22.0 Å². The van der Waals surface area contributed by atoms with E-state index in [1.54, 1.807) is 18.2 Å². The van der Waals surface area contributed by atoms with E-state index in [9.17, 15) is 26.4 Å². The maximum atomic E-state index is 13.4. The third kappa shape index (κ3) is 4.85. The third-order valence-electron chi connectivity index (χ3n) is 5.65. The molecular weight excluding hydrogens is 469 g/mol. The molecule has 1 saturated heterocycles. The Hall–Kier alpha value is -3.18. The summed E-state index contributed by atoms with van der Waals surface area (Å²) in [5.74, 6) is 0.482. The lowest BCUT2D eigenvalue weighted by molar-refractivity contribution is -0.139. The van der Waals surface area contributed by atoms with E-state index >= 15 is 0 Å². The van der Waals surface area contributed by atoms with Crippen molar-refractivity contribution >= 4 is 15.8 Å². The van der Waals surface area contributed by atoms with Crippen molar-refractivity contribution in [3.63, 3.8) is 0 Å². The second-order valence-corrected chi connectivity index (χ2v) is 9.92. The topological polar surface area (TPSA) is 75.5 Å². The van der Waals surface area contributed by atoms with E-state index < -0.39 is 26.7 Å². The van der Waals surface area contributed by atoms with Crippen LogP contribution < -0.4 is 10.5 Å². The number of rotatable bonds is 4. The monoisotopic (exact) mass is 492 g/mol. The van der Waals surface area contributed by atoms with Crippen LogP contribution in [-0.4, -0.2) is 48.7 Å². The zero-order valence-corrected chi connectivity index (χ0v) is 19.2. The Balaban J connectivity index is 1.58. The molecule has 34 heavy (non-hydrogen) atoms. The SMILES string of the molecule is Cc1ccc(-n2nc(N3CCCN(S(=O)(=O)c4ccccc4C(F)(F)F)CC3)ccc2=O)cc1. The van der Waals surface area contributed by atoms with Gasteiger partial charge in [-0.15, -0.1) is 5.10 Å². The van der Waals surface area contributed by atoms with E-state index in [0.29, 0.717) is 24.5 Å². The molecule has 1 aromatic heterocycles. The Labute approximate surface area is 195 Å². The Kier molecular flexibility index (Phi) is 6.50. The van der Waals surface area contributed by atoms with Crippen molar-refractivity contribution in [2.24, 2.45) is 0 Å². The lowest BCUT2D eigenvalue weighted by Gasteiger charge is -2.24. The van der Waals surface area contributed by atoms with Crippen LogP contribution in [0.4, 0.5) is 19.0 Å². The lowest BCUT2D eigenvalue weighted by atomic mass is 10.2. The third-order valence-corrected chi connectivity index (χ3v) is 7.61. The van der Waals surface area contributed by atoms with E-state index in [2.05, 4.69) is 5.10 Å². The van der Waals surface area contributed by atoms with Gasteiger partial charge in [0.1, 0.15) is 5.82 Å². The van der Waals surface area contributed by atoms with Gasteiger partial charge < -0.3 is 4.90 Å². The fourth-order valence-corrected chi connectivity index (χ4v) is 5.55. The number of hydrogen-bond acceptors (Lipinski definition) is 5. The maximum absolute atomic E-state index is 13.4. The smallest absolute Gasteiger partial charge is 0.354 e. The molecule has 0 saturated carbocycles. The molecule has 180 valence electrons. The van der Waals surface area contributed by atoms with Gasteiger partial charge in [-0.3, -0.25) is 4.79 Å². The average Bonchev–Trinajstić information content (AvgIpc) is 3.07. The predicted octanol–water partition coefficient (Wildman–Crippen LogP) is 3.46. The first-order valence-corrected chi connectivity index (χ1v) is 12.1. The van der Waals surface area contributed by atoms with E-state index in [-0.39, 0.29) is 25.2 Å². The van der Waals surface area contributed by atoms with Gasteiger partial charge >= 0.3 is 6.18 Å². The van der Waals surface area contributed by atoms with Gasteiger partial charge in [0, 0.05) is 32.2 Å². The summed E-state index contributed by atoms with van der Waals surface area (Å²) in [5, 5.41) is 4.44. The molecule has 2 aromatic carbocycles. The molecule has 1 fully saturated rings. The summed E-state index contributed by atoms with van der Waals surface area (Å²) in [6.07, 6.45) is -4.39. The number of aromatic nitrogens is 2. The molecule has 7 nitrogen and oxygen atoms in total. The number of hydrogen-bond donors (Lipinski definition) is 0. The van der Waals surface area contributed by atoms with Gasteiger partial charge in [-0.25, -0.2) is 8.42 Å². The highest BCUT2D eigenvalue weighted by molar-refractivity contribution is 7.89. The first kappa shape index (κ1) is 24.0. The number of anilines is 1. The fourth-order valence-electron chi connectivity index (χ4n) is 3.87. The number of nitrogens with zero attached hydrogens (tertiary/aromatic N) is 4. The van der Waals surface area contributed by atoms with Crippen molar-refractivity contribution < 1.29 is 21.6 Å². The van der Waals surface area contributed by atoms with Crippen LogP contribution in [0, 0.1) is 6.92 Å². The number of sulfonamides is 1. The summed E-state index contributed by atoms with van der Waals surface area (Å²) >= 11 is 0. The van der Waals surface area contributed by atoms with Crippen molar-refractivity contribution in [2.45, 2.75) is 24.4 Å². The first-order chi connectivity index (χ1) is 16.1. The summed E-state index contributed by atoms with van der Waals surface area (Å²) in [6, 6.07) is 14.5. The Morgan fingerprint density at radius 1 is 0.882 bits per heavy atom. The van der Waals surface area contributed by atoms with E-state index in [1.807, 2.05) is 24.0 Å². The zero-order valence-electron chi connectivity index (χ0n) is 18.4. The second kappa shape index (κ2) is 9.22. The number of aryl methyl sites for hydroxylation is 1. The largest absolute Gasteiger partial charge is 0.417 e. The second-order valence-electron chi connectivity index (χ2n) is 8.02. The molecule has 1 aliphatic rings. The molecule has 0 atom stereocenters.